The maximum absolute atomic E-state index is 13.2. The summed E-state index contributed by atoms with van der Waals surface area (Å²) >= 11 is 0. The van der Waals surface area contributed by atoms with E-state index in [1.54, 1.807) is 6.92 Å². The van der Waals surface area contributed by atoms with E-state index >= 15 is 0 Å². The minimum absolute atomic E-state index is 0.0486. The van der Waals surface area contributed by atoms with E-state index in [0.717, 1.165) is 18.2 Å². The number of hydrogen-bond acceptors (Lipinski definition) is 3. The van der Waals surface area contributed by atoms with Crippen LogP contribution < -0.4 is 4.74 Å². The SMILES string of the molecule is CCOC(=O)C=C(C)Oc1c(F)cccc1F. The highest BCUT2D eigenvalue weighted by Gasteiger charge is 2.11. The van der Waals surface area contributed by atoms with Crippen LogP contribution in [0.5, 0.6) is 5.75 Å². The summed E-state index contributed by atoms with van der Waals surface area (Å²) in [7, 11) is 0. The standard InChI is InChI=1S/C12H12F2O3/c1-3-16-11(15)7-8(2)17-12-9(13)5-4-6-10(12)14/h4-7H,3H2,1-2H3. The van der Waals surface area contributed by atoms with Crippen molar-refractivity contribution in [3.63, 3.8) is 0 Å². The molecule has 0 heterocycles. The highest BCUT2D eigenvalue weighted by molar-refractivity contribution is 5.82. The molecule has 0 amide bonds. The second kappa shape index (κ2) is 5.98. The van der Waals surface area contributed by atoms with Crippen LogP contribution in [0.25, 0.3) is 0 Å². The number of halogens is 2. The van der Waals surface area contributed by atoms with Gasteiger partial charge in [-0.25, -0.2) is 13.6 Å². The first-order chi connectivity index (χ1) is 8.04. The van der Waals surface area contributed by atoms with Gasteiger partial charge in [0.2, 0.25) is 0 Å². The van der Waals surface area contributed by atoms with Gasteiger partial charge < -0.3 is 9.47 Å². The molecule has 1 rings (SSSR count). The monoisotopic (exact) mass is 242 g/mol. The van der Waals surface area contributed by atoms with Gasteiger partial charge in [0.05, 0.1) is 12.7 Å². The summed E-state index contributed by atoms with van der Waals surface area (Å²) in [4.78, 5) is 11.0. The molecule has 1 aromatic carbocycles. The number of rotatable bonds is 4. The van der Waals surface area contributed by atoms with Crippen LogP contribution in [0.4, 0.5) is 8.78 Å². The molecule has 0 saturated heterocycles. The molecule has 0 bridgehead atoms. The van der Waals surface area contributed by atoms with Gasteiger partial charge in [0, 0.05) is 0 Å². The molecule has 0 spiro atoms. The predicted octanol–water partition coefficient (Wildman–Crippen LogP) is 2.81. The second-order valence-corrected chi connectivity index (χ2v) is 3.16. The molecule has 17 heavy (non-hydrogen) atoms. The van der Waals surface area contributed by atoms with Gasteiger partial charge in [0.25, 0.3) is 0 Å². The lowest BCUT2D eigenvalue weighted by molar-refractivity contribution is -0.137. The van der Waals surface area contributed by atoms with Crippen molar-refractivity contribution in [2.24, 2.45) is 0 Å². The smallest absolute Gasteiger partial charge is 0.334 e. The number of carbonyl (C=O) groups is 1. The molecule has 0 saturated carbocycles. The quantitative estimate of drug-likeness (QED) is 0.462. The zero-order valence-electron chi connectivity index (χ0n) is 9.50. The lowest BCUT2D eigenvalue weighted by Gasteiger charge is -2.07. The highest BCUT2D eigenvalue weighted by Crippen LogP contribution is 2.22. The van der Waals surface area contributed by atoms with Crippen molar-refractivity contribution in [3.05, 3.63) is 41.7 Å². The number of ether oxygens (including phenoxy) is 2. The normalized spacial score (nSPS) is 11.2. The van der Waals surface area contributed by atoms with E-state index in [1.807, 2.05) is 0 Å². The maximum atomic E-state index is 13.2. The van der Waals surface area contributed by atoms with Crippen LogP contribution in [0.15, 0.2) is 30.0 Å². The fourth-order valence-corrected chi connectivity index (χ4v) is 1.12. The molecule has 0 radical (unpaired) electrons. The summed E-state index contributed by atoms with van der Waals surface area (Å²) in [5.74, 6) is -2.78. The molecule has 0 aliphatic heterocycles. The Morgan fingerprint density at radius 2 is 1.94 bits per heavy atom. The van der Waals surface area contributed by atoms with Crippen LogP contribution in [-0.4, -0.2) is 12.6 Å². The molecule has 92 valence electrons. The van der Waals surface area contributed by atoms with Crippen molar-refractivity contribution in [3.8, 4) is 5.75 Å². The van der Waals surface area contributed by atoms with Gasteiger partial charge in [0.15, 0.2) is 17.4 Å². The molecule has 0 N–H and O–H groups in total. The van der Waals surface area contributed by atoms with Crippen molar-refractivity contribution < 1.29 is 23.0 Å². The van der Waals surface area contributed by atoms with E-state index in [4.69, 9.17) is 4.74 Å². The summed E-state index contributed by atoms with van der Waals surface area (Å²) in [6.45, 7) is 3.28. The van der Waals surface area contributed by atoms with Gasteiger partial charge in [-0.05, 0) is 26.0 Å². The van der Waals surface area contributed by atoms with E-state index in [9.17, 15) is 13.6 Å². The number of benzene rings is 1. The number of hydrogen-bond donors (Lipinski definition) is 0. The summed E-state index contributed by atoms with van der Waals surface area (Å²) in [5, 5.41) is 0. The predicted molar refractivity (Wildman–Crippen MR) is 57.4 cm³/mol. The summed E-state index contributed by atoms with van der Waals surface area (Å²) in [6.07, 6.45) is 1.02. The highest BCUT2D eigenvalue weighted by atomic mass is 19.1. The number of para-hydroxylation sites is 1. The topological polar surface area (TPSA) is 35.5 Å². The van der Waals surface area contributed by atoms with Crippen LogP contribution in [0, 0.1) is 11.6 Å². The molecule has 1 aromatic rings. The van der Waals surface area contributed by atoms with E-state index in [2.05, 4.69) is 4.74 Å². The lowest BCUT2D eigenvalue weighted by atomic mass is 10.3. The molecule has 0 aliphatic carbocycles. The first kappa shape index (κ1) is 13.2. The minimum Gasteiger partial charge on any atom is -0.463 e. The van der Waals surface area contributed by atoms with Crippen LogP contribution in [0.1, 0.15) is 13.8 Å². The van der Waals surface area contributed by atoms with Gasteiger partial charge in [-0.3, -0.25) is 0 Å². The molecule has 5 heteroatoms. The fourth-order valence-electron chi connectivity index (χ4n) is 1.12. The van der Waals surface area contributed by atoms with Crippen LogP contribution >= 0.6 is 0 Å². The van der Waals surface area contributed by atoms with E-state index in [0.29, 0.717) is 0 Å². The van der Waals surface area contributed by atoms with Gasteiger partial charge in [-0.15, -0.1) is 0 Å². The Labute approximate surface area is 97.7 Å². The largest absolute Gasteiger partial charge is 0.463 e. The average Bonchev–Trinajstić information content (AvgIpc) is 2.24. The summed E-state index contributed by atoms with van der Waals surface area (Å²) < 4.78 is 35.9. The summed E-state index contributed by atoms with van der Waals surface area (Å²) in [6, 6.07) is 3.36. The average molecular weight is 242 g/mol. The third-order valence-corrected chi connectivity index (χ3v) is 1.79. The Bertz CT molecular complexity index is 421. The molecular formula is C12H12F2O3. The zero-order valence-corrected chi connectivity index (χ0v) is 9.50. The van der Waals surface area contributed by atoms with E-state index in [-0.39, 0.29) is 12.4 Å². The van der Waals surface area contributed by atoms with Crippen molar-refractivity contribution in [1.82, 2.24) is 0 Å². The Balaban J connectivity index is 2.81. The second-order valence-electron chi connectivity index (χ2n) is 3.16. The van der Waals surface area contributed by atoms with Crippen LogP contribution in [0.3, 0.4) is 0 Å². The van der Waals surface area contributed by atoms with Crippen LogP contribution in [0.2, 0.25) is 0 Å². The Kier molecular flexibility index (Phi) is 4.63. The summed E-state index contributed by atoms with van der Waals surface area (Å²) in [5.41, 5.74) is 0. The molecule has 0 fully saturated rings. The fraction of sp³-hybridized carbons (Fsp3) is 0.250. The van der Waals surface area contributed by atoms with E-state index in [1.165, 1.54) is 13.0 Å². The number of esters is 1. The first-order valence-corrected chi connectivity index (χ1v) is 5.01. The van der Waals surface area contributed by atoms with Crippen LogP contribution in [-0.2, 0) is 9.53 Å². The minimum atomic E-state index is -0.832. The molecule has 3 nitrogen and oxygen atoms in total. The van der Waals surface area contributed by atoms with Gasteiger partial charge in [-0.1, -0.05) is 6.07 Å². The Morgan fingerprint density at radius 1 is 1.35 bits per heavy atom. The zero-order chi connectivity index (χ0) is 12.8. The van der Waals surface area contributed by atoms with Gasteiger partial charge in [0.1, 0.15) is 5.76 Å². The maximum Gasteiger partial charge on any atom is 0.334 e. The third kappa shape index (κ3) is 3.86. The number of allylic oxidation sites excluding steroid dienone is 1. The van der Waals surface area contributed by atoms with E-state index < -0.39 is 23.4 Å². The van der Waals surface area contributed by atoms with Crippen molar-refractivity contribution >= 4 is 5.97 Å². The molecule has 0 aliphatic rings. The van der Waals surface area contributed by atoms with Crippen molar-refractivity contribution in [2.45, 2.75) is 13.8 Å². The third-order valence-electron chi connectivity index (χ3n) is 1.79. The molecule has 0 atom stereocenters. The Hall–Kier alpha value is -1.91. The Morgan fingerprint density at radius 3 is 2.47 bits per heavy atom. The lowest BCUT2D eigenvalue weighted by Crippen LogP contribution is -2.04. The van der Waals surface area contributed by atoms with Gasteiger partial charge in [-0.2, -0.15) is 0 Å². The molecular weight excluding hydrogens is 230 g/mol. The number of carbonyl (C=O) groups excluding carboxylic acids is 1. The van der Waals surface area contributed by atoms with Gasteiger partial charge >= 0.3 is 5.97 Å². The first-order valence-electron chi connectivity index (χ1n) is 5.01. The van der Waals surface area contributed by atoms with Crippen molar-refractivity contribution in [2.75, 3.05) is 6.61 Å². The molecule has 0 aromatic heterocycles. The molecule has 0 unspecified atom stereocenters. The van der Waals surface area contributed by atoms with Crippen molar-refractivity contribution in [1.29, 1.82) is 0 Å².